The molecule has 3 heterocycles. The highest BCUT2D eigenvalue weighted by molar-refractivity contribution is 5.95. The van der Waals surface area contributed by atoms with Crippen molar-refractivity contribution in [1.82, 2.24) is 29.4 Å². The Kier molecular flexibility index (Phi) is 3.41. The molecule has 0 spiro atoms. The van der Waals surface area contributed by atoms with Gasteiger partial charge in [-0.25, -0.2) is 0 Å². The van der Waals surface area contributed by atoms with Gasteiger partial charge in [-0.05, 0) is 38.1 Å². The number of hydrogen-bond donors (Lipinski definition) is 0. The fourth-order valence-electron chi connectivity index (χ4n) is 3.11. The van der Waals surface area contributed by atoms with Gasteiger partial charge in [-0.2, -0.15) is 5.10 Å². The molecule has 0 bridgehead atoms. The molecule has 0 saturated carbocycles. The first-order valence-electron chi connectivity index (χ1n) is 7.89. The zero-order chi connectivity index (χ0) is 16.7. The molecule has 7 heteroatoms. The number of aryl methyl sites for hydroxylation is 2. The maximum absolute atomic E-state index is 12.7. The fraction of sp³-hybridized carbons (Fsp3) is 0.294. The molecule has 1 aliphatic rings. The Hall–Kier alpha value is -2.96. The van der Waals surface area contributed by atoms with E-state index >= 15 is 0 Å². The zero-order valence-electron chi connectivity index (χ0n) is 13.6. The standard InChI is InChI=1S/C17H18N6O/c1-12-6-13(2)23(20-12)16-8-21(9-16)17(24)14-4-3-5-15(7-14)22-10-18-19-11-22/h3-7,10-11,16H,8-9H2,1-2H3. The predicted octanol–water partition coefficient (Wildman–Crippen LogP) is 1.78. The van der Waals surface area contributed by atoms with E-state index in [1.165, 1.54) is 0 Å². The average Bonchev–Trinajstić information content (AvgIpc) is 3.16. The summed E-state index contributed by atoms with van der Waals surface area (Å²) >= 11 is 0. The largest absolute Gasteiger partial charge is 0.334 e. The molecule has 1 aliphatic heterocycles. The SMILES string of the molecule is Cc1cc(C)n(C2CN(C(=O)c3cccc(-n4cnnc4)c3)C2)n1. The van der Waals surface area contributed by atoms with Crippen molar-refractivity contribution < 1.29 is 4.79 Å². The number of likely N-dealkylation sites (tertiary alicyclic amines) is 1. The molecule has 1 aromatic carbocycles. The average molecular weight is 322 g/mol. The van der Waals surface area contributed by atoms with E-state index in [2.05, 4.69) is 21.4 Å². The number of amides is 1. The molecule has 0 radical (unpaired) electrons. The van der Waals surface area contributed by atoms with E-state index in [4.69, 9.17) is 0 Å². The van der Waals surface area contributed by atoms with E-state index in [1.54, 1.807) is 17.2 Å². The molecular formula is C17H18N6O. The molecule has 0 N–H and O–H groups in total. The van der Waals surface area contributed by atoms with Gasteiger partial charge in [0.05, 0.1) is 11.7 Å². The fourth-order valence-corrected chi connectivity index (χ4v) is 3.11. The summed E-state index contributed by atoms with van der Waals surface area (Å²) in [4.78, 5) is 14.5. The first-order valence-corrected chi connectivity index (χ1v) is 7.89. The number of benzene rings is 1. The number of hydrogen-bond acceptors (Lipinski definition) is 4. The van der Waals surface area contributed by atoms with Crippen LogP contribution in [0.25, 0.3) is 5.69 Å². The molecule has 1 saturated heterocycles. The van der Waals surface area contributed by atoms with Crippen LogP contribution >= 0.6 is 0 Å². The van der Waals surface area contributed by atoms with E-state index in [-0.39, 0.29) is 11.9 Å². The van der Waals surface area contributed by atoms with Crippen molar-refractivity contribution in [1.29, 1.82) is 0 Å². The normalized spacial score (nSPS) is 14.7. The lowest BCUT2D eigenvalue weighted by Gasteiger charge is -2.39. The van der Waals surface area contributed by atoms with Crippen molar-refractivity contribution in [3.8, 4) is 5.69 Å². The number of nitrogens with zero attached hydrogens (tertiary/aromatic N) is 6. The minimum Gasteiger partial charge on any atom is -0.334 e. The summed E-state index contributed by atoms with van der Waals surface area (Å²) in [6.45, 7) is 5.42. The molecule has 0 aliphatic carbocycles. The third kappa shape index (κ3) is 2.47. The van der Waals surface area contributed by atoms with Gasteiger partial charge in [-0.3, -0.25) is 14.0 Å². The molecule has 4 rings (SSSR count). The van der Waals surface area contributed by atoms with Crippen LogP contribution in [-0.2, 0) is 0 Å². The van der Waals surface area contributed by atoms with Gasteiger partial charge in [-0.1, -0.05) is 6.07 Å². The van der Waals surface area contributed by atoms with E-state index in [0.717, 1.165) is 17.1 Å². The van der Waals surface area contributed by atoms with Crippen LogP contribution in [0.2, 0.25) is 0 Å². The van der Waals surface area contributed by atoms with Gasteiger partial charge in [0.15, 0.2) is 0 Å². The van der Waals surface area contributed by atoms with E-state index in [9.17, 15) is 4.79 Å². The number of carbonyl (C=O) groups excluding carboxylic acids is 1. The van der Waals surface area contributed by atoms with Crippen molar-refractivity contribution in [2.45, 2.75) is 19.9 Å². The van der Waals surface area contributed by atoms with Crippen molar-refractivity contribution in [3.63, 3.8) is 0 Å². The molecule has 3 aromatic rings. The number of carbonyl (C=O) groups is 1. The first-order chi connectivity index (χ1) is 11.6. The molecule has 0 unspecified atom stereocenters. The van der Waals surface area contributed by atoms with Crippen LogP contribution in [-0.4, -0.2) is 48.4 Å². The Bertz CT molecular complexity index is 876. The predicted molar refractivity (Wildman–Crippen MR) is 88.0 cm³/mol. The van der Waals surface area contributed by atoms with Gasteiger partial charge in [0.1, 0.15) is 12.7 Å². The van der Waals surface area contributed by atoms with Crippen LogP contribution in [0, 0.1) is 13.8 Å². The van der Waals surface area contributed by atoms with Crippen LogP contribution in [0.4, 0.5) is 0 Å². The Morgan fingerprint density at radius 3 is 2.54 bits per heavy atom. The van der Waals surface area contributed by atoms with Crippen LogP contribution in [0.1, 0.15) is 27.8 Å². The quantitative estimate of drug-likeness (QED) is 0.737. The monoisotopic (exact) mass is 322 g/mol. The highest BCUT2D eigenvalue weighted by Crippen LogP contribution is 2.25. The summed E-state index contributed by atoms with van der Waals surface area (Å²) in [7, 11) is 0. The van der Waals surface area contributed by atoms with Gasteiger partial charge in [0.2, 0.25) is 0 Å². The van der Waals surface area contributed by atoms with Gasteiger partial charge in [0.25, 0.3) is 5.91 Å². The zero-order valence-corrected chi connectivity index (χ0v) is 13.6. The van der Waals surface area contributed by atoms with E-state index in [1.807, 2.05) is 47.7 Å². The molecule has 0 atom stereocenters. The van der Waals surface area contributed by atoms with Gasteiger partial charge in [0, 0.05) is 30.0 Å². The lowest BCUT2D eigenvalue weighted by molar-refractivity contribution is 0.0497. The second kappa shape index (κ2) is 5.59. The van der Waals surface area contributed by atoms with Crippen LogP contribution < -0.4 is 0 Å². The summed E-state index contributed by atoms with van der Waals surface area (Å²) in [5, 5.41) is 12.1. The van der Waals surface area contributed by atoms with Crippen LogP contribution in [0.5, 0.6) is 0 Å². The molecule has 24 heavy (non-hydrogen) atoms. The summed E-state index contributed by atoms with van der Waals surface area (Å²) in [6, 6.07) is 9.83. The molecule has 2 aromatic heterocycles. The van der Waals surface area contributed by atoms with Crippen molar-refractivity contribution >= 4 is 5.91 Å². The highest BCUT2D eigenvalue weighted by atomic mass is 16.2. The van der Waals surface area contributed by atoms with Gasteiger partial charge in [-0.15, -0.1) is 10.2 Å². The summed E-state index contributed by atoms with van der Waals surface area (Å²) in [5.41, 5.74) is 3.70. The van der Waals surface area contributed by atoms with Crippen molar-refractivity contribution in [2.75, 3.05) is 13.1 Å². The molecular weight excluding hydrogens is 304 g/mol. The number of aromatic nitrogens is 5. The minimum atomic E-state index is 0.0442. The van der Waals surface area contributed by atoms with Gasteiger partial charge >= 0.3 is 0 Å². The molecule has 1 fully saturated rings. The molecule has 122 valence electrons. The summed E-state index contributed by atoms with van der Waals surface area (Å²) in [6.07, 6.45) is 3.23. The van der Waals surface area contributed by atoms with E-state index in [0.29, 0.717) is 18.7 Å². The third-order valence-corrected chi connectivity index (χ3v) is 4.35. The third-order valence-electron chi connectivity index (χ3n) is 4.35. The lowest BCUT2D eigenvalue weighted by atomic mass is 10.1. The highest BCUT2D eigenvalue weighted by Gasteiger charge is 2.33. The second-order valence-corrected chi connectivity index (χ2v) is 6.16. The number of rotatable bonds is 3. The van der Waals surface area contributed by atoms with Crippen molar-refractivity contribution in [2.24, 2.45) is 0 Å². The summed E-state index contributed by atoms with van der Waals surface area (Å²) < 4.78 is 3.80. The first kappa shape index (κ1) is 14.6. The topological polar surface area (TPSA) is 68.8 Å². The Morgan fingerprint density at radius 1 is 1.12 bits per heavy atom. The second-order valence-electron chi connectivity index (χ2n) is 6.16. The van der Waals surface area contributed by atoms with Crippen LogP contribution in [0.15, 0.2) is 43.0 Å². The van der Waals surface area contributed by atoms with Crippen LogP contribution in [0.3, 0.4) is 0 Å². The molecule has 1 amide bonds. The Labute approximate surface area is 139 Å². The molecule has 7 nitrogen and oxygen atoms in total. The van der Waals surface area contributed by atoms with Crippen molar-refractivity contribution in [3.05, 3.63) is 59.9 Å². The Morgan fingerprint density at radius 2 is 1.88 bits per heavy atom. The minimum absolute atomic E-state index is 0.0442. The maximum Gasteiger partial charge on any atom is 0.254 e. The smallest absolute Gasteiger partial charge is 0.254 e. The van der Waals surface area contributed by atoms with Gasteiger partial charge < -0.3 is 4.90 Å². The van der Waals surface area contributed by atoms with E-state index < -0.39 is 0 Å². The summed E-state index contributed by atoms with van der Waals surface area (Å²) in [5.74, 6) is 0.0442. The Balaban J connectivity index is 1.48. The maximum atomic E-state index is 12.7. The lowest BCUT2D eigenvalue weighted by Crippen LogP contribution is -2.51.